The van der Waals surface area contributed by atoms with Crippen molar-refractivity contribution in [2.45, 2.75) is 32.9 Å². The summed E-state index contributed by atoms with van der Waals surface area (Å²) in [6.07, 6.45) is 3.40. The van der Waals surface area contributed by atoms with E-state index in [2.05, 4.69) is 22.3 Å². The molecule has 0 aliphatic carbocycles. The number of nitrogens with zero attached hydrogens (tertiary/aromatic N) is 4. The molecular formula is C14H19N5O2. The number of nitro benzene ring substituents is 1. The van der Waals surface area contributed by atoms with Crippen molar-refractivity contribution in [1.82, 2.24) is 20.1 Å². The van der Waals surface area contributed by atoms with E-state index in [9.17, 15) is 10.1 Å². The lowest BCUT2D eigenvalue weighted by atomic mass is 10.1. The topological polar surface area (TPSA) is 85.9 Å². The van der Waals surface area contributed by atoms with E-state index in [1.165, 1.54) is 12.1 Å². The Morgan fingerprint density at radius 2 is 2.10 bits per heavy atom. The van der Waals surface area contributed by atoms with Gasteiger partial charge in [0.15, 0.2) is 0 Å². The molecule has 1 aromatic carbocycles. The van der Waals surface area contributed by atoms with Crippen molar-refractivity contribution in [3.8, 4) is 0 Å². The van der Waals surface area contributed by atoms with Gasteiger partial charge in [-0.1, -0.05) is 19.1 Å². The second-order valence-corrected chi connectivity index (χ2v) is 4.75. The summed E-state index contributed by atoms with van der Waals surface area (Å²) >= 11 is 0. The SMILES string of the molecule is CCCNCc1ncnn1CCc1ccc([N+](=O)[O-])cc1. The first-order valence-corrected chi connectivity index (χ1v) is 7.01. The molecule has 0 fully saturated rings. The number of nitrogens with one attached hydrogen (secondary N) is 1. The lowest BCUT2D eigenvalue weighted by molar-refractivity contribution is -0.384. The number of aryl methyl sites for hydroxylation is 2. The first-order chi connectivity index (χ1) is 10.2. The zero-order chi connectivity index (χ0) is 15.1. The van der Waals surface area contributed by atoms with Crippen LogP contribution in [0.25, 0.3) is 0 Å². The van der Waals surface area contributed by atoms with Gasteiger partial charge in [-0.15, -0.1) is 0 Å². The fourth-order valence-corrected chi connectivity index (χ4v) is 2.01. The fourth-order valence-electron chi connectivity index (χ4n) is 2.01. The van der Waals surface area contributed by atoms with Crippen molar-refractivity contribution in [3.05, 3.63) is 52.1 Å². The molecule has 7 heteroatoms. The van der Waals surface area contributed by atoms with Crippen LogP contribution >= 0.6 is 0 Å². The predicted octanol–water partition coefficient (Wildman–Crippen LogP) is 1.93. The standard InChI is InChI=1S/C14H19N5O2/c1-2-8-15-10-14-16-11-17-18(14)9-7-12-3-5-13(6-4-12)19(20)21/h3-6,11,15H,2,7-10H2,1H3. The van der Waals surface area contributed by atoms with Crippen LogP contribution in [0.4, 0.5) is 5.69 Å². The van der Waals surface area contributed by atoms with E-state index < -0.39 is 4.92 Å². The third-order valence-corrected chi connectivity index (χ3v) is 3.17. The average Bonchev–Trinajstić information content (AvgIpc) is 2.93. The fraction of sp³-hybridized carbons (Fsp3) is 0.429. The molecule has 0 spiro atoms. The number of hydrogen-bond acceptors (Lipinski definition) is 5. The molecule has 1 heterocycles. The Kier molecular flexibility index (Phi) is 5.39. The molecule has 0 aliphatic rings. The summed E-state index contributed by atoms with van der Waals surface area (Å²) in [5, 5.41) is 18.1. The van der Waals surface area contributed by atoms with Crippen molar-refractivity contribution in [1.29, 1.82) is 0 Å². The molecule has 0 atom stereocenters. The second-order valence-electron chi connectivity index (χ2n) is 4.75. The Labute approximate surface area is 123 Å². The maximum atomic E-state index is 10.6. The Hall–Kier alpha value is -2.28. The first kappa shape index (κ1) is 15.1. The van der Waals surface area contributed by atoms with Crippen LogP contribution in [0.2, 0.25) is 0 Å². The quantitative estimate of drug-likeness (QED) is 0.456. The Bertz CT molecular complexity index is 579. The summed E-state index contributed by atoms with van der Waals surface area (Å²) in [5.41, 5.74) is 1.16. The minimum absolute atomic E-state index is 0.115. The van der Waals surface area contributed by atoms with Gasteiger partial charge in [0, 0.05) is 18.7 Å². The molecule has 0 saturated carbocycles. The summed E-state index contributed by atoms with van der Waals surface area (Å²) in [6, 6.07) is 6.62. The van der Waals surface area contributed by atoms with E-state index >= 15 is 0 Å². The number of aromatic nitrogens is 3. The molecule has 2 aromatic rings. The van der Waals surface area contributed by atoms with E-state index in [1.807, 2.05) is 4.68 Å². The van der Waals surface area contributed by atoms with Gasteiger partial charge in [-0.3, -0.25) is 10.1 Å². The summed E-state index contributed by atoms with van der Waals surface area (Å²) in [4.78, 5) is 14.5. The molecule has 0 radical (unpaired) electrons. The maximum absolute atomic E-state index is 10.6. The van der Waals surface area contributed by atoms with Crippen molar-refractivity contribution in [2.75, 3.05) is 6.54 Å². The van der Waals surface area contributed by atoms with Crippen LogP contribution in [0.3, 0.4) is 0 Å². The molecule has 0 saturated heterocycles. The molecule has 112 valence electrons. The number of rotatable bonds is 8. The number of benzene rings is 1. The molecule has 1 aromatic heterocycles. The largest absolute Gasteiger partial charge is 0.310 e. The van der Waals surface area contributed by atoms with Crippen molar-refractivity contribution >= 4 is 5.69 Å². The molecule has 0 amide bonds. The van der Waals surface area contributed by atoms with E-state index in [4.69, 9.17) is 0 Å². The van der Waals surface area contributed by atoms with Gasteiger partial charge in [0.1, 0.15) is 12.2 Å². The molecule has 0 aliphatic heterocycles. The van der Waals surface area contributed by atoms with Crippen molar-refractivity contribution in [3.63, 3.8) is 0 Å². The Morgan fingerprint density at radius 3 is 2.76 bits per heavy atom. The third-order valence-electron chi connectivity index (χ3n) is 3.17. The highest BCUT2D eigenvalue weighted by molar-refractivity contribution is 5.32. The van der Waals surface area contributed by atoms with Crippen molar-refractivity contribution < 1.29 is 4.92 Å². The number of nitro groups is 1. The second kappa shape index (κ2) is 7.49. The lowest BCUT2D eigenvalue weighted by Gasteiger charge is -2.07. The van der Waals surface area contributed by atoms with Gasteiger partial charge in [0.2, 0.25) is 0 Å². The van der Waals surface area contributed by atoms with Gasteiger partial charge in [-0.25, -0.2) is 9.67 Å². The van der Waals surface area contributed by atoms with Crippen LogP contribution in [-0.4, -0.2) is 26.2 Å². The first-order valence-electron chi connectivity index (χ1n) is 7.01. The molecule has 2 rings (SSSR count). The highest BCUT2D eigenvalue weighted by Gasteiger charge is 2.06. The van der Waals surface area contributed by atoms with Crippen LogP contribution in [0.1, 0.15) is 24.7 Å². The van der Waals surface area contributed by atoms with Gasteiger partial charge in [-0.05, 0) is 24.9 Å². The van der Waals surface area contributed by atoms with Gasteiger partial charge in [0.05, 0.1) is 11.5 Å². The minimum atomic E-state index is -0.390. The number of non-ortho nitro benzene ring substituents is 1. The van der Waals surface area contributed by atoms with Crippen molar-refractivity contribution in [2.24, 2.45) is 0 Å². The smallest absolute Gasteiger partial charge is 0.269 e. The van der Waals surface area contributed by atoms with Gasteiger partial charge in [-0.2, -0.15) is 5.10 Å². The van der Waals surface area contributed by atoms with Crippen LogP contribution in [0.5, 0.6) is 0 Å². The summed E-state index contributed by atoms with van der Waals surface area (Å²) in [6.45, 7) is 4.48. The molecular weight excluding hydrogens is 270 g/mol. The van der Waals surface area contributed by atoms with E-state index in [0.29, 0.717) is 13.1 Å². The van der Waals surface area contributed by atoms with Crippen LogP contribution in [0, 0.1) is 10.1 Å². The van der Waals surface area contributed by atoms with E-state index in [-0.39, 0.29) is 5.69 Å². The lowest BCUT2D eigenvalue weighted by Crippen LogP contribution is -2.18. The zero-order valence-corrected chi connectivity index (χ0v) is 12.0. The molecule has 7 nitrogen and oxygen atoms in total. The zero-order valence-electron chi connectivity index (χ0n) is 12.0. The number of hydrogen-bond donors (Lipinski definition) is 1. The molecule has 0 bridgehead atoms. The van der Waals surface area contributed by atoms with Crippen LogP contribution in [-0.2, 0) is 19.5 Å². The van der Waals surface area contributed by atoms with E-state index in [0.717, 1.165) is 30.8 Å². The molecule has 21 heavy (non-hydrogen) atoms. The average molecular weight is 289 g/mol. The molecule has 0 unspecified atom stereocenters. The molecule has 1 N–H and O–H groups in total. The van der Waals surface area contributed by atoms with Crippen LogP contribution in [0.15, 0.2) is 30.6 Å². The maximum Gasteiger partial charge on any atom is 0.269 e. The van der Waals surface area contributed by atoms with E-state index in [1.54, 1.807) is 18.5 Å². The Balaban J connectivity index is 1.90. The monoisotopic (exact) mass is 289 g/mol. The summed E-state index contributed by atoms with van der Waals surface area (Å²) in [7, 11) is 0. The van der Waals surface area contributed by atoms with Gasteiger partial charge >= 0.3 is 0 Å². The third kappa shape index (κ3) is 4.35. The van der Waals surface area contributed by atoms with Gasteiger partial charge in [0.25, 0.3) is 5.69 Å². The Morgan fingerprint density at radius 1 is 1.33 bits per heavy atom. The van der Waals surface area contributed by atoms with Crippen LogP contribution < -0.4 is 5.32 Å². The summed E-state index contributed by atoms with van der Waals surface area (Å²) < 4.78 is 1.87. The summed E-state index contributed by atoms with van der Waals surface area (Å²) in [5.74, 6) is 0.908. The highest BCUT2D eigenvalue weighted by Crippen LogP contribution is 2.12. The predicted molar refractivity (Wildman–Crippen MR) is 78.8 cm³/mol. The van der Waals surface area contributed by atoms with Gasteiger partial charge < -0.3 is 5.32 Å². The normalized spacial score (nSPS) is 10.7. The highest BCUT2D eigenvalue weighted by atomic mass is 16.6. The minimum Gasteiger partial charge on any atom is -0.310 e.